The van der Waals surface area contributed by atoms with Gasteiger partial charge in [-0.3, -0.25) is 9.36 Å². The molecule has 2 aromatic heterocycles. The van der Waals surface area contributed by atoms with E-state index in [0.29, 0.717) is 47.1 Å². The van der Waals surface area contributed by atoms with Gasteiger partial charge < -0.3 is 15.3 Å². The lowest BCUT2D eigenvalue weighted by Gasteiger charge is -2.29. The number of alkyl halides is 3. The highest BCUT2D eigenvalue weighted by Crippen LogP contribution is 2.32. The van der Waals surface area contributed by atoms with Crippen LogP contribution in [0.2, 0.25) is 0 Å². The van der Waals surface area contributed by atoms with E-state index < -0.39 is 11.7 Å². The van der Waals surface area contributed by atoms with Crippen molar-refractivity contribution in [2.75, 3.05) is 17.2 Å². The Kier molecular flexibility index (Phi) is 7.79. The Morgan fingerprint density at radius 2 is 2.10 bits per heavy atom. The topological polar surface area (TPSA) is 90.7 Å². The van der Waals surface area contributed by atoms with Gasteiger partial charge in [0.2, 0.25) is 5.95 Å². The summed E-state index contributed by atoms with van der Waals surface area (Å²) in [5, 5.41) is 7.84. The van der Waals surface area contributed by atoms with Gasteiger partial charge in [-0.15, -0.1) is 0 Å². The zero-order valence-corrected chi connectivity index (χ0v) is 22.3. The van der Waals surface area contributed by atoms with Crippen LogP contribution in [0.15, 0.2) is 58.5 Å². The second kappa shape index (κ2) is 11.3. The third-order valence-corrected chi connectivity index (χ3v) is 7.99. The van der Waals surface area contributed by atoms with Crippen molar-refractivity contribution in [1.29, 1.82) is 5.41 Å². The largest absolute Gasteiger partial charge is 0.416 e. The average molecular weight is 555 g/mol. The fourth-order valence-corrected chi connectivity index (χ4v) is 5.75. The number of thioether (sulfide) groups is 1. The Labute approximate surface area is 228 Å². The summed E-state index contributed by atoms with van der Waals surface area (Å²) in [6.45, 7) is 2.90. The van der Waals surface area contributed by atoms with Gasteiger partial charge in [0.05, 0.1) is 34.4 Å². The molecule has 5 rings (SSSR count). The molecule has 0 amide bonds. The zero-order chi connectivity index (χ0) is 27.6. The molecular formula is C28H29F3N6OS. The number of H-pyrrole nitrogens is 1. The molecule has 204 valence electrons. The van der Waals surface area contributed by atoms with Gasteiger partial charge in [0.25, 0.3) is 5.56 Å². The van der Waals surface area contributed by atoms with Crippen LogP contribution in [0.1, 0.15) is 43.0 Å². The Hall–Kier alpha value is -3.60. The maximum absolute atomic E-state index is 13.9. The quantitative estimate of drug-likeness (QED) is 0.149. The van der Waals surface area contributed by atoms with Crippen molar-refractivity contribution in [3.63, 3.8) is 0 Å². The number of aromatic amines is 1. The molecule has 1 unspecified atom stereocenters. The summed E-state index contributed by atoms with van der Waals surface area (Å²) >= 11 is 1.55. The predicted octanol–water partition coefficient (Wildman–Crippen LogP) is 6.22. The lowest BCUT2D eigenvalue weighted by molar-refractivity contribution is -0.137. The molecule has 0 radical (unpaired) electrons. The minimum Gasteiger partial charge on any atom is -0.337 e. The number of anilines is 1. The summed E-state index contributed by atoms with van der Waals surface area (Å²) in [5.41, 5.74) is 2.12. The van der Waals surface area contributed by atoms with Gasteiger partial charge in [-0.2, -0.15) is 13.2 Å². The van der Waals surface area contributed by atoms with E-state index in [4.69, 9.17) is 10.4 Å². The minimum absolute atomic E-state index is 0.115. The van der Waals surface area contributed by atoms with Gasteiger partial charge in [-0.1, -0.05) is 43.0 Å². The van der Waals surface area contributed by atoms with E-state index >= 15 is 0 Å². The Balaban J connectivity index is 1.46. The maximum Gasteiger partial charge on any atom is 0.416 e. The Morgan fingerprint density at radius 3 is 2.85 bits per heavy atom. The van der Waals surface area contributed by atoms with Crippen molar-refractivity contribution >= 4 is 40.7 Å². The number of halogens is 3. The Morgan fingerprint density at radius 1 is 1.26 bits per heavy atom. The first-order chi connectivity index (χ1) is 18.7. The molecule has 7 nitrogen and oxygen atoms in total. The van der Waals surface area contributed by atoms with E-state index in [2.05, 4.69) is 29.0 Å². The average Bonchev–Trinajstić information content (AvgIpc) is 3.36. The number of fused-ring (bicyclic) bond motifs is 2. The second-order valence-corrected chi connectivity index (χ2v) is 10.7. The van der Waals surface area contributed by atoms with Crippen LogP contribution in [0.4, 0.5) is 19.1 Å². The molecule has 1 aliphatic carbocycles. The molecule has 0 saturated heterocycles. The highest BCUT2D eigenvalue weighted by molar-refractivity contribution is 7.99. The van der Waals surface area contributed by atoms with Gasteiger partial charge in [0, 0.05) is 24.4 Å². The van der Waals surface area contributed by atoms with Crippen LogP contribution in [-0.4, -0.2) is 38.0 Å². The highest BCUT2D eigenvalue weighted by Gasteiger charge is 2.31. The van der Waals surface area contributed by atoms with Gasteiger partial charge in [-0.25, -0.2) is 9.97 Å². The first kappa shape index (κ1) is 27.0. The Bertz CT molecular complexity index is 1530. The second-order valence-electron chi connectivity index (χ2n) is 9.70. The molecule has 0 bridgehead atoms. The van der Waals surface area contributed by atoms with Crippen LogP contribution in [-0.2, 0) is 19.1 Å². The maximum atomic E-state index is 13.9. The number of imidazole rings is 1. The van der Waals surface area contributed by atoms with Crippen LogP contribution >= 0.6 is 11.8 Å². The smallest absolute Gasteiger partial charge is 0.337 e. The van der Waals surface area contributed by atoms with E-state index in [1.54, 1.807) is 16.3 Å². The first-order valence-electron chi connectivity index (χ1n) is 12.9. The zero-order valence-electron chi connectivity index (χ0n) is 21.5. The van der Waals surface area contributed by atoms with Crippen molar-refractivity contribution in [1.82, 2.24) is 19.5 Å². The summed E-state index contributed by atoms with van der Waals surface area (Å²) in [7, 11) is 0. The molecule has 3 heterocycles. The van der Waals surface area contributed by atoms with Gasteiger partial charge in [-0.05, 0) is 55.7 Å². The molecule has 3 aromatic rings. The van der Waals surface area contributed by atoms with Gasteiger partial charge >= 0.3 is 6.18 Å². The number of rotatable bonds is 8. The summed E-state index contributed by atoms with van der Waals surface area (Å²) in [4.78, 5) is 28.3. The van der Waals surface area contributed by atoms with E-state index in [0.717, 1.165) is 42.1 Å². The van der Waals surface area contributed by atoms with Gasteiger partial charge in [0.15, 0.2) is 5.16 Å². The number of hydrogen-bond acceptors (Lipinski definition) is 6. The summed E-state index contributed by atoms with van der Waals surface area (Å²) in [6, 6.07) is 3.45. The molecule has 1 atom stereocenters. The van der Waals surface area contributed by atoms with Crippen molar-refractivity contribution in [3.8, 4) is 0 Å². The molecule has 0 spiro atoms. The standard InChI is InChI=1S/C28H29F3N6OS/c1-18(7-5-6-13-32)17-39-27-35-22-12-14-36(16-21(22)25(38)37(27)20-8-3-2-4-9-20)26-33-23-11-10-19(28(29,30)31)15-24(23)34-26/h2-3,5,7-8,10-11,13,15,18,32H,4,6,9,12,14,16-17H2,1H3,(H,33,34). The molecule has 1 aliphatic heterocycles. The molecule has 2 aliphatic rings. The van der Waals surface area contributed by atoms with E-state index in [9.17, 15) is 18.0 Å². The number of hydrogen-bond donors (Lipinski definition) is 2. The van der Waals surface area contributed by atoms with E-state index in [1.165, 1.54) is 12.3 Å². The monoisotopic (exact) mass is 554 g/mol. The predicted molar refractivity (Wildman–Crippen MR) is 149 cm³/mol. The highest BCUT2D eigenvalue weighted by atomic mass is 32.2. The van der Waals surface area contributed by atoms with Crippen molar-refractivity contribution in [2.45, 2.75) is 50.5 Å². The number of nitrogens with zero attached hydrogens (tertiary/aromatic N) is 4. The normalized spacial score (nSPS) is 16.5. The van der Waals surface area contributed by atoms with Crippen molar-refractivity contribution < 1.29 is 13.2 Å². The van der Waals surface area contributed by atoms with Gasteiger partial charge in [0.1, 0.15) is 0 Å². The van der Waals surface area contributed by atoms with E-state index in [-0.39, 0.29) is 18.0 Å². The molecule has 39 heavy (non-hydrogen) atoms. The molecular weight excluding hydrogens is 525 g/mol. The van der Waals surface area contributed by atoms with Crippen molar-refractivity contribution in [3.05, 3.63) is 75.8 Å². The fourth-order valence-electron chi connectivity index (χ4n) is 4.72. The lowest BCUT2D eigenvalue weighted by Crippen LogP contribution is -2.39. The lowest BCUT2D eigenvalue weighted by atomic mass is 10.1. The van der Waals surface area contributed by atoms with Crippen molar-refractivity contribution in [2.24, 2.45) is 5.92 Å². The SMILES string of the molecule is CC(C=CCC=N)CSc1nc2c(c(=O)n1C1=CC=CCC1)CN(c1nc3ccc(C(F)(F)F)cc3[nH]1)CC2. The molecule has 1 aromatic carbocycles. The first-order valence-corrected chi connectivity index (χ1v) is 13.8. The number of aromatic nitrogens is 4. The van der Waals surface area contributed by atoms with Crippen LogP contribution in [0.3, 0.4) is 0 Å². The molecule has 0 fully saturated rings. The van der Waals surface area contributed by atoms with Crippen LogP contribution in [0, 0.1) is 11.3 Å². The third kappa shape index (κ3) is 5.88. The van der Waals surface area contributed by atoms with Crippen LogP contribution < -0.4 is 10.5 Å². The molecule has 0 saturated carbocycles. The summed E-state index contributed by atoms with van der Waals surface area (Å²) < 4.78 is 41.2. The third-order valence-electron chi connectivity index (χ3n) is 6.77. The number of nitrogens with one attached hydrogen (secondary N) is 2. The summed E-state index contributed by atoms with van der Waals surface area (Å²) in [5.74, 6) is 1.43. The minimum atomic E-state index is -4.44. The van der Waals surface area contributed by atoms with Crippen LogP contribution in [0.25, 0.3) is 16.7 Å². The number of allylic oxidation sites excluding steroid dienone is 6. The molecule has 2 N–H and O–H groups in total. The summed E-state index contributed by atoms with van der Waals surface area (Å²) in [6.07, 6.45) is 9.63. The van der Waals surface area contributed by atoms with E-state index in [1.807, 2.05) is 23.1 Å². The molecule has 11 heteroatoms. The number of benzene rings is 1. The van der Waals surface area contributed by atoms with Crippen LogP contribution in [0.5, 0.6) is 0 Å². The fraction of sp³-hybridized carbons (Fsp3) is 0.357.